The lowest BCUT2D eigenvalue weighted by Gasteiger charge is -2.14. The van der Waals surface area contributed by atoms with Crippen LogP contribution in [0, 0.1) is 6.92 Å². The molecule has 0 aliphatic carbocycles. The SMILES string of the molecule is COc1ccc(NC(=O)c2ccc(C)[nH]c2=O)cc1S(=O)(=O)Nc1ccc(Br)cc1. The highest BCUT2D eigenvalue weighted by Gasteiger charge is 2.21. The standard InChI is InChI=1S/C20H18BrN3O5S/c1-12-3-9-16(19(25)22-12)20(26)23-15-8-10-17(29-2)18(11-15)30(27,28)24-14-6-4-13(21)5-7-14/h3-11,24H,1-2H3,(H,22,25)(H,23,26). The van der Waals surface area contributed by atoms with Gasteiger partial charge in [-0.25, -0.2) is 8.42 Å². The van der Waals surface area contributed by atoms with Gasteiger partial charge in [-0.1, -0.05) is 15.9 Å². The molecule has 156 valence electrons. The van der Waals surface area contributed by atoms with Crippen molar-refractivity contribution in [2.45, 2.75) is 11.8 Å². The first-order valence-corrected chi connectivity index (χ1v) is 10.9. The maximum Gasteiger partial charge on any atom is 0.265 e. The van der Waals surface area contributed by atoms with Crippen LogP contribution in [-0.4, -0.2) is 26.4 Å². The molecule has 2 aromatic carbocycles. The second-order valence-corrected chi connectivity index (χ2v) is 8.88. The topological polar surface area (TPSA) is 117 Å². The number of sulfonamides is 1. The van der Waals surface area contributed by atoms with Gasteiger partial charge in [0.25, 0.3) is 21.5 Å². The molecule has 0 atom stereocenters. The number of hydrogen-bond donors (Lipinski definition) is 3. The largest absolute Gasteiger partial charge is 0.495 e. The Kier molecular flexibility index (Phi) is 6.28. The van der Waals surface area contributed by atoms with Gasteiger partial charge in [-0.2, -0.15) is 0 Å². The van der Waals surface area contributed by atoms with Crippen molar-refractivity contribution in [3.63, 3.8) is 0 Å². The van der Waals surface area contributed by atoms with Gasteiger partial charge in [0, 0.05) is 21.5 Å². The van der Waals surface area contributed by atoms with Crippen LogP contribution in [0.2, 0.25) is 0 Å². The van der Waals surface area contributed by atoms with Gasteiger partial charge in [-0.15, -0.1) is 0 Å². The molecule has 3 N–H and O–H groups in total. The minimum absolute atomic E-state index is 0.0891. The Hall–Kier alpha value is -3.11. The molecule has 0 unspecified atom stereocenters. The lowest BCUT2D eigenvalue weighted by atomic mass is 10.2. The number of carbonyl (C=O) groups is 1. The van der Waals surface area contributed by atoms with Crippen LogP contribution in [0.4, 0.5) is 11.4 Å². The first kappa shape index (κ1) is 21.6. The summed E-state index contributed by atoms with van der Waals surface area (Å²) < 4.78 is 34.2. The fraction of sp³-hybridized carbons (Fsp3) is 0.100. The third-order valence-corrected chi connectivity index (χ3v) is 6.04. The number of pyridine rings is 1. The van der Waals surface area contributed by atoms with E-state index in [9.17, 15) is 18.0 Å². The van der Waals surface area contributed by atoms with Crippen molar-refractivity contribution in [1.29, 1.82) is 0 Å². The van der Waals surface area contributed by atoms with E-state index < -0.39 is 21.5 Å². The number of aryl methyl sites for hydroxylation is 1. The van der Waals surface area contributed by atoms with E-state index in [-0.39, 0.29) is 21.9 Å². The minimum Gasteiger partial charge on any atom is -0.495 e. The number of amides is 1. The van der Waals surface area contributed by atoms with Crippen LogP contribution in [-0.2, 0) is 10.0 Å². The molecule has 0 fully saturated rings. The predicted molar refractivity (Wildman–Crippen MR) is 118 cm³/mol. The van der Waals surface area contributed by atoms with E-state index in [0.29, 0.717) is 11.4 Å². The second kappa shape index (κ2) is 8.72. The fourth-order valence-corrected chi connectivity index (χ4v) is 4.16. The van der Waals surface area contributed by atoms with E-state index >= 15 is 0 Å². The first-order chi connectivity index (χ1) is 14.2. The molecule has 0 saturated heterocycles. The Morgan fingerprint density at radius 2 is 1.70 bits per heavy atom. The molecule has 0 radical (unpaired) electrons. The Balaban J connectivity index is 1.92. The molecule has 0 spiro atoms. The van der Waals surface area contributed by atoms with Crippen molar-refractivity contribution in [3.8, 4) is 5.75 Å². The highest BCUT2D eigenvalue weighted by atomic mass is 79.9. The first-order valence-electron chi connectivity index (χ1n) is 8.67. The van der Waals surface area contributed by atoms with Crippen molar-refractivity contribution >= 4 is 43.2 Å². The summed E-state index contributed by atoms with van der Waals surface area (Å²) >= 11 is 3.29. The zero-order valence-corrected chi connectivity index (χ0v) is 18.4. The maximum absolute atomic E-state index is 12.9. The third-order valence-electron chi connectivity index (χ3n) is 4.11. The van der Waals surface area contributed by atoms with Crippen LogP contribution >= 0.6 is 15.9 Å². The van der Waals surface area contributed by atoms with Gasteiger partial charge in [0.2, 0.25) is 0 Å². The summed E-state index contributed by atoms with van der Waals surface area (Å²) in [6.07, 6.45) is 0. The summed E-state index contributed by atoms with van der Waals surface area (Å²) in [5.74, 6) is -0.559. The molecule has 10 heteroatoms. The van der Waals surface area contributed by atoms with Crippen LogP contribution in [0.5, 0.6) is 5.75 Å². The van der Waals surface area contributed by atoms with Gasteiger partial charge in [-0.3, -0.25) is 14.3 Å². The van der Waals surface area contributed by atoms with Crippen LogP contribution in [0.25, 0.3) is 0 Å². The molecule has 3 aromatic rings. The number of rotatable bonds is 6. The number of ether oxygens (including phenoxy) is 1. The van der Waals surface area contributed by atoms with Crippen LogP contribution in [0.3, 0.4) is 0 Å². The Morgan fingerprint density at radius 3 is 2.33 bits per heavy atom. The van der Waals surface area contributed by atoms with Gasteiger partial charge in [0.15, 0.2) is 0 Å². The average molecular weight is 492 g/mol. The number of H-pyrrole nitrogens is 1. The lowest BCUT2D eigenvalue weighted by Crippen LogP contribution is -2.23. The lowest BCUT2D eigenvalue weighted by molar-refractivity contribution is 0.102. The van der Waals surface area contributed by atoms with Crippen molar-refractivity contribution in [2.75, 3.05) is 17.1 Å². The Labute approximate surface area is 181 Å². The summed E-state index contributed by atoms with van der Waals surface area (Å²) in [7, 11) is -2.67. The molecule has 0 saturated carbocycles. The number of halogens is 1. The number of aromatic nitrogens is 1. The van der Waals surface area contributed by atoms with Gasteiger partial charge in [0.05, 0.1) is 7.11 Å². The quantitative estimate of drug-likeness (QED) is 0.487. The molecule has 0 bridgehead atoms. The number of carbonyl (C=O) groups excluding carboxylic acids is 1. The highest BCUT2D eigenvalue weighted by Crippen LogP contribution is 2.29. The van der Waals surface area contributed by atoms with Crippen molar-refractivity contribution in [3.05, 3.63) is 80.7 Å². The summed E-state index contributed by atoms with van der Waals surface area (Å²) in [6, 6.07) is 13.8. The summed E-state index contributed by atoms with van der Waals surface area (Å²) in [5.41, 5.74) is 0.547. The van der Waals surface area contributed by atoms with E-state index in [0.717, 1.165) is 4.47 Å². The highest BCUT2D eigenvalue weighted by molar-refractivity contribution is 9.10. The minimum atomic E-state index is -4.02. The molecule has 1 aromatic heterocycles. The van der Waals surface area contributed by atoms with Crippen LogP contribution < -0.4 is 20.3 Å². The smallest absolute Gasteiger partial charge is 0.265 e. The zero-order chi connectivity index (χ0) is 21.9. The maximum atomic E-state index is 12.9. The van der Waals surface area contributed by atoms with Gasteiger partial charge < -0.3 is 15.0 Å². The molecular weight excluding hydrogens is 474 g/mol. The summed E-state index contributed by atoms with van der Waals surface area (Å²) in [6.45, 7) is 1.70. The van der Waals surface area contributed by atoms with Crippen molar-refractivity contribution in [2.24, 2.45) is 0 Å². The third kappa shape index (κ3) is 4.89. The van der Waals surface area contributed by atoms with Crippen LogP contribution in [0.1, 0.15) is 16.1 Å². The Bertz CT molecular complexity index is 1250. The summed E-state index contributed by atoms with van der Waals surface area (Å²) in [4.78, 5) is 26.8. The number of benzene rings is 2. The van der Waals surface area contributed by atoms with Gasteiger partial charge >= 0.3 is 0 Å². The fourth-order valence-electron chi connectivity index (χ4n) is 2.64. The molecule has 8 nitrogen and oxygen atoms in total. The van der Waals surface area contributed by atoms with Gasteiger partial charge in [0.1, 0.15) is 16.2 Å². The molecule has 0 aliphatic rings. The Morgan fingerprint density at radius 1 is 1.03 bits per heavy atom. The summed E-state index contributed by atoms with van der Waals surface area (Å²) in [5, 5.41) is 2.54. The molecule has 1 amide bonds. The molecule has 3 rings (SSSR count). The number of anilines is 2. The molecular formula is C20H18BrN3O5S. The van der Waals surface area contributed by atoms with E-state index in [2.05, 4.69) is 31.0 Å². The monoisotopic (exact) mass is 491 g/mol. The normalized spacial score (nSPS) is 11.0. The molecule has 1 heterocycles. The number of methoxy groups -OCH3 is 1. The van der Waals surface area contributed by atoms with Crippen LogP contribution in [0.15, 0.2) is 68.8 Å². The van der Waals surface area contributed by atoms with E-state index in [1.165, 1.54) is 31.4 Å². The molecule has 30 heavy (non-hydrogen) atoms. The van der Waals surface area contributed by atoms with E-state index in [4.69, 9.17) is 4.74 Å². The zero-order valence-electron chi connectivity index (χ0n) is 16.0. The van der Waals surface area contributed by atoms with Gasteiger partial charge in [-0.05, 0) is 61.5 Å². The predicted octanol–water partition coefficient (Wildman–Crippen LogP) is 3.51. The molecule has 0 aliphatic heterocycles. The van der Waals surface area contributed by atoms with Crippen molar-refractivity contribution in [1.82, 2.24) is 4.98 Å². The second-order valence-electron chi connectivity index (χ2n) is 6.32. The average Bonchev–Trinajstić information content (AvgIpc) is 2.69. The number of nitrogens with one attached hydrogen (secondary N) is 3. The van der Waals surface area contributed by atoms with Crippen molar-refractivity contribution < 1.29 is 17.9 Å². The van der Waals surface area contributed by atoms with E-state index in [1.54, 1.807) is 37.3 Å². The number of hydrogen-bond acceptors (Lipinski definition) is 5. The van der Waals surface area contributed by atoms with E-state index in [1.807, 2.05) is 0 Å². The number of aromatic amines is 1.